The van der Waals surface area contributed by atoms with Gasteiger partial charge in [0, 0.05) is 35.2 Å². The van der Waals surface area contributed by atoms with Gasteiger partial charge in [-0.2, -0.15) is 0 Å². The van der Waals surface area contributed by atoms with Gasteiger partial charge in [-0.05, 0) is 56.9 Å². The van der Waals surface area contributed by atoms with E-state index in [0.717, 1.165) is 16.6 Å². The normalized spacial score (nSPS) is 21.3. The highest BCUT2D eigenvalue weighted by Gasteiger charge is 2.32. The predicted octanol–water partition coefficient (Wildman–Crippen LogP) is 3.41. The second-order valence-corrected chi connectivity index (χ2v) is 6.22. The molecule has 1 heterocycles. The van der Waals surface area contributed by atoms with E-state index in [1.807, 2.05) is 42.3 Å². The maximum absolute atomic E-state index is 12.9. The molecule has 0 unspecified atom stereocenters. The molecule has 1 aromatic heterocycles. The van der Waals surface area contributed by atoms with Crippen LogP contribution in [0.4, 0.5) is 5.69 Å². The molecular formula is C18H22N2O3. The van der Waals surface area contributed by atoms with Crippen LogP contribution in [0.15, 0.2) is 30.5 Å². The molecule has 122 valence electrons. The average molecular weight is 314 g/mol. The van der Waals surface area contributed by atoms with Gasteiger partial charge in [-0.1, -0.05) is 0 Å². The number of nitrogens with zero attached hydrogens (tertiary/aromatic N) is 1. The summed E-state index contributed by atoms with van der Waals surface area (Å²) in [5.41, 5.74) is 1.96. The van der Waals surface area contributed by atoms with Crippen molar-refractivity contribution in [3.8, 4) is 0 Å². The maximum atomic E-state index is 12.9. The first-order valence-electron chi connectivity index (χ1n) is 8.21. The van der Waals surface area contributed by atoms with Crippen LogP contribution in [-0.2, 0) is 9.59 Å². The molecule has 3 rings (SSSR count). The minimum atomic E-state index is -0.735. The first-order chi connectivity index (χ1) is 11.1. The Balaban J connectivity index is 1.75. The molecule has 1 aromatic carbocycles. The Bertz CT molecular complexity index is 714. The number of aromatic amines is 1. The van der Waals surface area contributed by atoms with Gasteiger partial charge in [0.2, 0.25) is 5.91 Å². The third kappa shape index (κ3) is 3.09. The number of hydrogen-bond acceptors (Lipinski definition) is 2. The van der Waals surface area contributed by atoms with Crippen molar-refractivity contribution in [2.24, 2.45) is 11.8 Å². The van der Waals surface area contributed by atoms with Crippen molar-refractivity contribution in [2.45, 2.75) is 32.6 Å². The molecule has 5 heteroatoms. The van der Waals surface area contributed by atoms with Gasteiger partial charge < -0.3 is 15.0 Å². The average Bonchev–Trinajstić information content (AvgIpc) is 3.03. The number of anilines is 1. The van der Waals surface area contributed by atoms with E-state index in [-0.39, 0.29) is 17.7 Å². The van der Waals surface area contributed by atoms with Crippen LogP contribution >= 0.6 is 0 Å². The molecule has 0 saturated heterocycles. The molecule has 1 amide bonds. The second kappa shape index (κ2) is 6.44. The number of carbonyl (C=O) groups is 2. The van der Waals surface area contributed by atoms with Crippen LogP contribution in [0.1, 0.15) is 32.6 Å². The Morgan fingerprint density at radius 3 is 2.52 bits per heavy atom. The topological polar surface area (TPSA) is 73.4 Å². The molecule has 0 bridgehead atoms. The lowest BCUT2D eigenvalue weighted by atomic mass is 9.81. The number of aliphatic carboxylic acids is 1. The van der Waals surface area contributed by atoms with Gasteiger partial charge in [-0.15, -0.1) is 0 Å². The second-order valence-electron chi connectivity index (χ2n) is 6.22. The lowest BCUT2D eigenvalue weighted by molar-refractivity contribution is -0.144. The Hall–Kier alpha value is -2.30. The molecular weight excluding hydrogens is 292 g/mol. The van der Waals surface area contributed by atoms with Gasteiger partial charge in [0.15, 0.2) is 0 Å². The molecule has 1 saturated carbocycles. The van der Waals surface area contributed by atoms with Gasteiger partial charge >= 0.3 is 5.97 Å². The number of rotatable bonds is 4. The third-order valence-corrected chi connectivity index (χ3v) is 4.86. The van der Waals surface area contributed by atoms with E-state index in [1.54, 1.807) is 0 Å². The summed E-state index contributed by atoms with van der Waals surface area (Å²) in [6, 6.07) is 7.97. The number of nitrogens with one attached hydrogen (secondary N) is 1. The zero-order valence-corrected chi connectivity index (χ0v) is 13.3. The van der Waals surface area contributed by atoms with Gasteiger partial charge in [0.25, 0.3) is 0 Å². The maximum Gasteiger partial charge on any atom is 0.306 e. The minimum Gasteiger partial charge on any atom is -0.481 e. The molecule has 23 heavy (non-hydrogen) atoms. The van der Waals surface area contributed by atoms with Gasteiger partial charge in [0.05, 0.1) is 5.92 Å². The van der Waals surface area contributed by atoms with Crippen LogP contribution < -0.4 is 4.90 Å². The largest absolute Gasteiger partial charge is 0.481 e. The molecule has 1 fully saturated rings. The molecule has 0 spiro atoms. The number of benzene rings is 1. The standard InChI is InChI=1S/C18H22N2O3/c1-2-20(15-7-8-16-14(11-15)9-10-19-16)17(21)12-3-5-13(6-4-12)18(22)23/h7-13,19H,2-6H2,1H3,(H,22,23). The highest BCUT2D eigenvalue weighted by atomic mass is 16.4. The zero-order valence-electron chi connectivity index (χ0n) is 13.3. The van der Waals surface area contributed by atoms with Crippen molar-refractivity contribution in [3.63, 3.8) is 0 Å². The van der Waals surface area contributed by atoms with Crippen LogP contribution in [0.25, 0.3) is 10.9 Å². The van der Waals surface area contributed by atoms with E-state index in [9.17, 15) is 9.59 Å². The number of H-pyrrole nitrogens is 1. The van der Waals surface area contributed by atoms with Gasteiger partial charge in [-0.3, -0.25) is 9.59 Å². The number of aromatic nitrogens is 1. The summed E-state index contributed by atoms with van der Waals surface area (Å²) >= 11 is 0. The summed E-state index contributed by atoms with van der Waals surface area (Å²) in [4.78, 5) is 28.9. The predicted molar refractivity (Wildman–Crippen MR) is 89.4 cm³/mol. The van der Waals surface area contributed by atoms with E-state index < -0.39 is 5.97 Å². The number of carbonyl (C=O) groups excluding carboxylic acids is 1. The van der Waals surface area contributed by atoms with E-state index in [1.165, 1.54) is 0 Å². The van der Waals surface area contributed by atoms with Crippen molar-refractivity contribution < 1.29 is 14.7 Å². The monoisotopic (exact) mass is 314 g/mol. The molecule has 0 aliphatic heterocycles. The van der Waals surface area contributed by atoms with Crippen molar-refractivity contribution in [1.82, 2.24) is 4.98 Å². The number of carboxylic acid groups (broad SMARTS) is 1. The quantitative estimate of drug-likeness (QED) is 0.908. The summed E-state index contributed by atoms with van der Waals surface area (Å²) in [7, 11) is 0. The van der Waals surface area contributed by atoms with E-state index in [2.05, 4.69) is 4.98 Å². The fourth-order valence-corrected chi connectivity index (χ4v) is 3.48. The van der Waals surface area contributed by atoms with Gasteiger partial charge in [-0.25, -0.2) is 0 Å². The smallest absolute Gasteiger partial charge is 0.306 e. The van der Waals surface area contributed by atoms with Crippen molar-refractivity contribution >= 4 is 28.5 Å². The number of fused-ring (bicyclic) bond motifs is 1. The number of amides is 1. The summed E-state index contributed by atoms with van der Waals surface area (Å²) in [6.07, 6.45) is 4.41. The molecule has 0 atom stereocenters. The molecule has 1 aliphatic carbocycles. The summed E-state index contributed by atoms with van der Waals surface area (Å²) < 4.78 is 0. The summed E-state index contributed by atoms with van der Waals surface area (Å²) in [5.74, 6) is -0.967. The first kappa shape index (κ1) is 15.6. The lowest BCUT2D eigenvalue weighted by Crippen LogP contribution is -2.38. The third-order valence-electron chi connectivity index (χ3n) is 4.86. The van der Waals surface area contributed by atoms with Crippen molar-refractivity contribution in [1.29, 1.82) is 0 Å². The highest BCUT2D eigenvalue weighted by Crippen LogP contribution is 2.32. The number of carboxylic acids is 1. The lowest BCUT2D eigenvalue weighted by Gasteiger charge is -2.30. The SMILES string of the molecule is CCN(C(=O)C1CCC(C(=O)O)CC1)c1ccc2[nH]ccc2c1. The molecule has 1 aliphatic rings. The first-order valence-corrected chi connectivity index (χ1v) is 8.21. The van der Waals surface area contributed by atoms with Crippen molar-refractivity contribution in [2.75, 3.05) is 11.4 Å². The molecule has 0 radical (unpaired) electrons. The Kier molecular flexibility index (Phi) is 4.37. The highest BCUT2D eigenvalue weighted by molar-refractivity contribution is 5.97. The van der Waals surface area contributed by atoms with Crippen LogP contribution in [0.3, 0.4) is 0 Å². The molecule has 5 nitrogen and oxygen atoms in total. The molecule has 2 aromatic rings. The van der Waals surface area contributed by atoms with E-state index in [0.29, 0.717) is 32.2 Å². The summed E-state index contributed by atoms with van der Waals surface area (Å²) in [5, 5.41) is 10.2. The Morgan fingerprint density at radius 2 is 1.87 bits per heavy atom. The van der Waals surface area contributed by atoms with Crippen LogP contribution in [-0.4, -0.2) is 28.5 Å². The molecule has 2 N–H and O–H groups in total. The zero-order chi connectivity index (χ0) is 16.4. The van der Waals surface area contributed by atoms with E-state index >= 15 is 0 Å². The minimum absolute atomic E-state index is 0.0625. The van der Waals surface area contributed by atoms with Crippen molar-refractivity contribution in [3.05, 3.63) is 30.5 Å². The Morgan fingerprint density at radius 1 is 1.17 bits per heavy atom. The number of hydrogen-bond donors (Lipinski definition) is 2. The summed E-state index contributed by atoms with van der Waals surface area (Å²) in [6.45, 7) is 2.59. The Labute approximate surface area is 135 Å². The van der Waals surface area contributed by atoms with Gasteiger partial charge in [0.1, 0.15) is 0 Å². The van der Waals surface area contributed by atoms with Crippen LogP contribution in [0.2, 0.25) is 0 Å². The fourth-order valence-electron chi connectivity index (χ4n) is 3.48. The van der Waals surface area contributed by atoms with Crippen LogP contribution in [0, 0.1) is 11.8 Å². The van der Waals surface area contributed by atoms with E-state index in [4.69, 9.17) is 5.11 Å². The van der Waals surface area contributed by atoms with Crippen LogP contribution in [0.5, 0.6) is 0 Å². The fraction of sp³-hybridized carbons (Fsp3) is 0.444.